The van der Waals surface area contributed by atoms with Crippen LogP contribution in [0.25, 0.3) is 5.57 Å². The van der Waals surface area contributed by atoms with Crippen LogP contribution in [0.15, 0.2) is 54.6 Å². The van der Waals surface area contributed by atoms with E-state index in [2.05, 4.69) is 43.3 Å². The van der Waals surface area contributed by atoms with Gasteiger partial charge in [-0.2, -0.15) is 0 Å². The minimum Gasteiger partial charge on any atom is -0.489 e. The summed E-state index contributed by atoms with van der Waals surface area (Å²) in [6, 6.07) is 16.7. The molecule has 0 saturated carbocycles. The second-order valence-corrected chi connectivity index (χ2v) is 5.02. The minimum absolute atomic E-state index is 0.633. The van der Waals surface area contributed by atoms with Gasteiger partial charge in [-0.1, -0.05) is 42.5 Å². The Kier molecular flexibility index (Phi) is 3.37. The van der Waals surface area contributed by atoms with Crippen LogP contribution in [0.3, 0.4) is 0 Å². The highest BCUT2D eigenvalue weighted by Crippen LogP contribution is 2.29. The third-order valence-corrected chi connectivity index (χ3v) is 3.61. The fourth-order valence-electron chi connectivity index (χ4n) is 2.55. The van der Waals surface area contributed by atoms with Gasteiger partial charge in [0, 0.05) is 0 Å². The molecule has 0 N–H and O–H groups in total. The van der Waals surface area contributed by atoms with E-state index >= 15 is 0 Å². The van der Waals surface area contributed by atoms with Gasteiger partial charge >= 0.3 is 0 Å². The van der Waals surface area contributed by atoms with E-state index in [0.717, 1.165) is 18.6 Å². The normalized spacial score (nSPS) is 13.6. The first-order valence-corrected chi connectivity index (χ1v) is 6.80. The Hall–Kier alpha value is -2.02. The molecular weight excluding hydrogens is 232 g/mol. The van der Waals surface area contributed by atoms with Crippen LogP contribution in [-0.4, -0.2) is 0 Å². The van der Waals surface area contributed by atoms with Gasteiger partial charge in [-0.3, -0.25) is 0 Å². The average Bonchev–Trinajstić information content (AvgIpc) is 2.46. The van der Waals surface area contributed by atoms with Crippen molar-refractivity contribution in [3.05, 3.63) is 71.3 Å². The molecule has 0 heterocycles. The van der Waals surface area contributed by atoms with Crippen LogP contribution in [0, 0.1) is 0 Å². The number of ether oxygens (including phenoxy) is 1. The van der Waals surface area contributed by atoms with Gasteiger partial charge in [0.05, 0.1) is 0 Å². The summed E-state index contributed by atoms with van der Waals surface area (Å²) in [6.07, 6.45) is 4.57. The average molecular weight is 250 g/mol. The Morgan fingerprint density at radius 2 is 1.89 bits per heavy atom. The predicted octanol–water partition coefficient (Wildman–Crippen LogP) is 4.62. The quantitative estimate of drug-likeness (QED) is 0.772. The number of allylic oxidation sites excluding steroid dienone is 2. The van der Waals surface area contributed by atoms with Crippen LogP contribution in [0.2, 0.25) is 0 Å². The molecule has 2 aromatic rings. The molecule has 2 aromatic carbocycles. The van der Waals surface area contributed by atoms with Crippen molar-refractivity contribution in [1.29, 1.82) is 0 Å². The molecule has 0 unspecified atom stereocenters. The van der Waals surface area contributed by atoms with Crippen molar-refractivity contribution < 1.29 is 4.74 Å². The molecule has 3 rings (SSSR count). The summed E-state index contributed by atoms with van der Waals surface area (Å²) in [6.45, 7) is 2.82. The van der Waals surface area contributed by atoms with Gasteiger partial charge in [0.25, 0.3) is 0 Å². The van der Waals surface area contributed by atoms with Gasteiger partial charge < -0.3 is 4.74 Å². The summed E-state index contributed by atoms with van der Waals surface area (Å²) in [5, 5.41) is 0. The predicted molar refractivity (Wildman–Crippen MR) is 79.2 cm³/mol. The summed E-state index contributed by atoms with van der Waals surface area (Å²) >= 11 is 0. The fourth-order valence-corrected chi connectivity index (χ4v) is 2.55. The second kappa shape index (κ2) is 5.31. The molecule has 96 valence electrons. The zero-order valence-electron chi connectivity index (χ0n) is 11.2. The van der Waals surface area contributed by atoms with Crippen LogP contribution in [0.1, 0.15) is 30.0 Å². The smallest absolute Gasteiger partial charge is 0.120 e. The lowest BCUT2D eigenvalue weighted by molar-refractivity contribution is 0.306. The summed E-state index contributed by atoms with van der Waals surface area (Å²) in [5.41, 5.74) is 5.37. The maximum Gasteiger partial charge on any atom is 0.120 e. The topological polar surface area (TPSA) is 9.23 Å². The highest BCUT2D eigenvalue weighted by atomic mass is 16.5. The van der Waals surface area contributed by atoms with E-state index in [1.54, 1.807) is 0 Å². The number of hydrogen-bond donors (Lipinski definition) is 0. The molecule has 0 aromatic heterocycles. The Bertz CT molecular complexity index is 596. The number of fused-ring (bicyclic) bond motifs is 1. The van der Waals surface area contributed by atoms with Crippen molar-refractivity contribution in [3.8, 4) is 5.75 Å². The first-order valence-electron chi connectivity index (χ1n) is 6.80. The molecule has 0 saturated heterocycles. The Labute approximate surface area is 114 Å². The van der Waals surface area contributed by atoms with E-state index in [1.807, 2.05) is 18.2 Å². The van der Waals surface area contributed by atoms with Crippen LogP contribution >= 0.6 is 0 Å². The van der Waals surface area contributed by atoms with Gasteiger partial charge in [-0.25, -0.2) is 0 Å². The monoisotopic (exact) mass is 250 g/mol. The fraction of sp³-hybridized carbons (Fsp3) is 0.222. The van der Waals surface area contributed by atoms with Crippen LogP contribution in [-0.2, 0) is 13.0 Å². The number of rotatable bonds is 3. The molecule has 19 heavy (non-hydrogen) atoms. The van der Waals surface area contributed by atoms with Gasteiger partial charge in [0.2, 0.25) is 0 Å². The molecule has 0 bridgehead atoms. The third kappa shape index (κ3) is 2.70. The Morgan fingerprint density at radius 1 is 1.05 bits per heavy atom. The third-order valence-electron chi connectivity index (χ3n) is 3.61. The molecule has 0 spiro atoms. The zero-order chi connectivity index (χ0) is 13.1. The summed E-state index contributed by atoms with van der Waals surface area (Å²) in [5.74, 6) is 0.970. The highest BCUT2D eigenvalue weighted by Gasteiger charge is 2.10. The van der Waals surface area contributed by atoms with Crippen molar-refractivity contribution in [2.45, 2.75) is 26.4 Å². The van der Waals surface area contributed by atoms with Gasteiger partial charge in [0.15, 0.2) is 0 Å². The van der Waals surface area contributed by atoms with E-state index in [9.17, 15) is 0 Å². The lowest BCUT2D eigenvalue weighted by Crippen LogP contribution is -2.00. The number of hydrogen-bond acceptors (Lipinski definition) is 1. The van der Waals surface area contributed by atoms with E-state index in [0.29, 0.717) is 6.61 Å². The highest BCUT2D eigenvalue weighted by molar-refractivity contribution is 5.69. The van der Waals surface area contributed by atoms with Crippen molar-refractivity contribution in [3.63, 3.8) is 0 Å². The first kappa shape index (κ1) is 12.0. The largest absolute Gasteiger partial charge is 0.489 e. The molecule has 1 nitrogen and oxygen atoms in total. The van der Waals surface area contributed by atoms with Gasteiger partial charge in [-0.15, -0.1) is 0 Å². The molecule has 0 fully saturated rings. The van der Waals surface area contributed by atoms with Gasteiger partial charge in [0.1, 0.15) is 12.4 Å². The lowest BCUT2D eigenvalue weighted by atomic mass is 9.92. The van der Waals surface area contributed by atoms with Gasteiger partial charge in [-0.05, 0) is 54.2 Å². The Balaban J connectivity index is 1.75. The second-order valence-electron chi connectivity index (χ2n) is 5.02. The standard InChI is InChI=1S/C18H18O/c1-14-6-5-9-16-12-17(10-11-18(14)16)19-13-15-7-3-2-4-8-15/h2-4,6-8,10-12H,5,9,13H2,1H3. The molecular formula is C18H18O. The maximum absolute atomic E-state index is 5.87. The molecule has 1 aliphatic carbocycles. The molecule has 0 radical (unpaired) electrons. The van der Waals surface area contributed by atoms with E-state index in [-0.39, 0.29) is 0 Å². The molecule has 0 atom stereocenters. The van der Waals surface area contributed by atoms with Crippen molar-refractivity contribution in [2.75, 3.05) is 0 Å². The van der Waals surface area contributed by atoms with Crippen LogP contribution < -0.4 is 4.74 Å². The van der Waals surface area contributed by atoms with Crippen LogP contribution in [0.5, 0.6) is 5.75 Å². The molecule has 1 heteroatoms. The van der Waals surface area contributed by atoms with Crippen molar-refractivity contribution in [2.24, 2.45) is 0 Å². The SMILES string of the molecule is CC1=CCCc2cc(OCc3ccccc3)ccc21. The minimum atomic E-state index is 0.633. The zero-order valence-corrected chi connectivity index (χ0v) is 11.2. The van der Waals surface area contributed by atoms with E-state index < -0.39 is 0 Å². The Morgan fingerprint density at radius 3 is 2.74 bits per heavy atom. The summed E-state index contributed by atoms with van der Waals surface area (Å²) in [4.78, 5) is 0. The summed E-state index contributed by atoms with van der Waals surface area (Å²) in [7, 11) is 0. The van der Waals surface area contributed by atoms with E-state index in [4.69, 9.17) is 4.74 Å². The van der Waals surface area contributed by atoms with Crippen LogP contribution in [0.4, 0.5) is 0 Å². The summed E-state index contributed by atoms with van der Waals surface area (Å²) < 4.78 is 5.87. The molecule has 0 amide bonds. The van der Waals surface area contributed by atoms with Crippen molar-refractivity contribution >= 4 is 5.57 Å². The number of aryl methyl sites for hydroxylation is 1. The van der Waals surface area contributed by atoms with Crippen molar-refractivity contribution in [1.82, 2.24) is 0 Å². The molecule has 0 aliphatic heterocycles. The maximum atomic E-state index is 5.87. The lowest BCUT2D eigenvalue weighted by Gasteiger charge is -2.16. The van der Waals surface area contributed by atoms with E-state index in [1.165, 1.54) is 22.3 Å². The number of benzene rings is 2. The molecule has 1 aliphatic rings. The first-order chi connectivity index (χ1) is 9.33.